The van der Waals surface area contributed by atoms with Crippen molar-refractivity contribution in [2.75, 3.05) is 0 Å². The Bertz CT molecular complexity index is 1450. The molecule has 5 aromatic carbocycles. The van der Waals surface area contributed by atoms with E-state index in [1.807, 2.05) is 36.4 Å². The molecule has 5 aromatic rings. The first-order valence-corrected chi connectivity index (χ1v) is 13.4. The fourth-order valence-corrected chi connectivity index (χ4v) is 6.31. The van der Waals surface area contributed by atoms with Crippen molar-refractivity contribution in [3.63, 3.8) is 0 Å². The van der Waals surface area contributed by atoms with Crippen LogP contribution in [0.3, 0.4) is 0 Å². The lowest BCUT2D eigenvalue weighted by Gasteiger charge is -2.09. The molecule has 0 radical (unpaired) electrons. The van der Waals surface area contributed by atoms with Gasteiger partial charge in [-0.05, 0) is 89.6 Å². The van der Waals surface area contributed by atoms with Crippen molar-refractivity contribution < 1.29 is 28.3 Å². The lowest BCUT2D eigenvalue weighted by molar-refractivity contribution is 0.463. The third kappa shape index (κ3) is 5.98. The number of hydrogen-bond acceptors (Lipinski definition) is 6. The molecular formula is C28H22O6S2. The van der Waals surface area contributed by atoms with Crippen molar-refractivity contribution in [3.05, 3.63) is 115 Å². The molecular weight excluding hydrogens is 496 g/mol. The van der Waals surface area contributed by atoms with Crippen molar-refractivity contribution in [2.45, 2.75) is 19.6 Å². The van der Waals surface area contributed by atoms with Crippen LogP contribution >= 0.6 is 0 Å². The summed E-state index contributed by atoms with van der Waals surface area (Å²) in [6.45, 7) is 0. The lowest BCUT2D eigenvalue weighted by Crippen LogP contribution is -2.04. The highest BCUT2D eigenvalue weighted by Crippen LogP contribution is 2.33. The smallest absolute Gasteiger partial charge is 0.166 e. The van der Waals surface area contributed by atoms with Gasteiger partial charge in [-0.1, -0.05) is 36.4 Å². The molecule has 36 heavy (non-hydrogen) atoms. The minimum Gasteiger partial charge on any atom is -0.744 e. The summed E-state index contributed by atoms with van der Waals surface area (Å²) in [5.41, 5.74) is 0. The minimum absolute atomic E-state index is 0.157. The summed E-state index contributed by atoms with van der Waals surface area (Å²) in [5, 5.41) is 29.7. The van der Waals surface area contributed by atoms with Gasteiger partial charge in [0.1, 0.15) is 27.4 Å². The van der Waals surface area contributed by atoms with Crippen LogP contribution in [0.4, 0.5) is 0 Å². The van der Waals surface area contributed by atoms with Gasteiger partial charge in [0.25, 0.3) is 0 Å². The van der Waals surface area contributed by atoms with Gasteiger partial charge in [0.05, 0.1) is 15.8 Å². The summed E-state index contributed by atoms with van der Waals surface area (Å²) >= 11 is 0. The average Bonchev–Trinajstić information content (AvgIpc) is 2.87. The summed E-state index contributed by atoms with van der Waals surface area (Å²) in [6.07, 6.45) is 0. The Morgan fingerprint density at radius 3 is 1.33 bits per heavy atom. The van der Waals surface area contributed by atoms with Crippen molar-refractivity contribution in [1.29, 1.82) is 0 Å². The molecule has 3 N–H and O–H groups in total. The fraction of sp³-hybridized carbons (Fsp3) is 0. The summed E-state index contributed by atoms with van der Waals surface area (Å²) in [4.78, 5) is 2.99. The van der Waals surface area contributed by atoms with E-state index >= 15 is 0 Å². The number of phenols is 3. The van der Waals surface area contributed by atoms with Gasteiger partial charge in [-0.25, -0.2) is 8.42 Å². The van der Waals surface area contributed by atoms with Crippen molar-refractivity contribution >= 4 is 31.8 Å². The van der Waals surface area contributed by atoms with E-state index in [9.17, 15) is 28.3 Å². The standard InChI is InChI=1S/C18H14O3S.C10H8O3S/c19-13-1-7-16(8-2-13)22(17-9-3-14(20)4-10-17)18-11-5-15(21)6-12-18;11-14(12,13)10-7-3-5-8-4-1-2-6-9(8)10/h1-12H,(H2-,19,20,21);1-7H,(H,11,12,13). The molecule has 0 saturated heterocycles. The van der Waals surface area contributed by atoms with Crippen LogP contribution in [0, 0.1) is 0 Å². The third-order valence-electron chi connectivity index (χ3n) is 5.24. The van der Waals surface area contributed by atoms with Crippen LogP contribution in [0.25, 0.3) is 10.8 Å². The fourth-order valence-electron chi connectivity index (χ4n) is 3.57. The first kappa shape index (κ1) is 25.1. The molecule has 0 atom stereocenters. The number of hydrogen-bond donors (Lipinski definition) is 3. The predicted octanol–water partition coefficient (Wildman–Crippen LogP) is 5.64. The van der Waals surface area contributed by atoms with E-state index in [1.165, 1.54) is 6.07 Å². The largest absolute Gasteiger partial charge is 0.744 e. The van der Waals surface area contributed by atoms with E-state index in [2.05, 4.69) is 0 Å². The van der Waals surface area contributed by atoms with Crippen LogP contribution < -0.4 is 0 Å². The zero-order valence-electron chi connectivity index (χ0n) is 18.9. The van der Waals surface area contributed by atoms with Crippen molar-refractivity contribution in [2.24, 2.45) is 0 Å². The maximum Gasteiger partial charge on any atom is 0.166 e. The van der Waals surface area contributed by atoms with Crippen molar-refractivity contribution in [1.82, 2.24) is 0 Å². The van der Waals surface area contributed by atoms with Crippen LogP contribution in [0.5, 0.6) is 17.2 Å². The second-order valence-electron chi connectivity index (χ2n) is 7.72. The second-order valence-corrected chi connectivity index (χ2v) is 11.1. The Morgan fingerprint density at radius 1 is 0.528 bits per heavy atom. The SMILES string of the molecule is O=S(=O)([O-])c1cccc2ccccc12.Oc1ccc([S+](c2ccc(O)cc2)c2ccc(O)cc2)cc1. The van der Waals surface area contributed by atoms with Crippen molar-refractivity contribution in [3.8, 4) is 17.2 Å². The van der Waals surface area contributed by atoms with E-state index < -0.39 is 10.1 Å². The maximum absolute atomic E-state index is 10.9. The Hall–Kier alpha value is -3.98. The molecule has 0 fully saturated rings. The number of aromatic hydroxyl groups is 3. The minimum atomic E-state index is -4.38. The quantitative estimate of drug-likeness (QED) is 0.209. The molecule has 0 aliphatic heterocycles. The zero-order valence-corrected chi connectivity index (χ0v) is 20.5. The van der Waals surface area contributed by atoms with Crippen LogP contribution in [0.1, 0.15) is 0 Å². The number of phenolic OH excluding ortho intramolecular Hbond substituents is 3. The van der Waals surface area contributed by atoms with E-state index in [-0.39, 0.29) is 33.0 Å². The predicted molar refractivity (Wildman–Crippen MR) is 138 cm³/mol. The molecule has 8 heteroatoms. The summed E-state index contributed by atoms with van der Waals surface area (Å²) in [7, 11) is -4.75. The van der Waals surface area contributed by atoms with Gasteiger partial charge >= 0.3 is 0 Å². The first-order chi connectivity index (χ1) is 17.2. The third-order valence-corrected chi connectivity index (χ3v) is 8.36. The Morgan fingerprint density at radius 2 is 0.917 bits per heavy atom. The highest BCUT2D eigenvalue weighted by Gasteiger charge is 2.28. The Kier molecular flexibility index (Phi) is 7.49. The van der Waals surface area contributed by atoms with Gasteiger partial charge in [0.2, 0.25) is 0 Å². The molecule has 0 aliphatic rings. The molecule has 0 aliphatic carbocycles. The first-order valence-electron chi connectivity index (χ1n) is 10.8. The highest BCUT2D eigenvalue weighted by molar-refractivity contribution is 7.97. The normalized spacial score (nSPS) is 11.2. The molecule has 0 aromatic heterocycles. The van der Waals surface area contributed by atoms with Gasteiger partial charge < -0.3 is 19.9 Å². The van der Waals surface area contributed by atoms with E-state index in [0.717, 1.165) is 20.1 Å². The van der Waals surface area contributed by atoms with E-state index in [4.69, 9.17) is 0 Å². The monoisotopic (exact) mass is 518 g/mol. The number of benzene rings is 5. The van der Waals surface area contributed by atoms with E-state index in [1.54, 1.807) is 72.8 Å². The molecule has 182 valence electrons. The average molecular weight is 519 g/mol. The van der Waals surface area contributed by atoms with Gasteiger partial charge in [0.15, 0.2) is 14.7 Å². The van der Waals surface area contributed by atoms with Gasteiger partial charge in [-0.2, -0.15) is 0 Å². The summed E-state index contributed by atoms with van der Waals surface area (Å²) in [5.74, 6) is 0.677. The highest BCUT2D eigenvalue weighted by atomic mass is 32.2. The molecule has 6 nitrogen and oxygen atoms in total. The summed E-state index contributed by atoms with van der Waals surface area (Å²) in [6, 6.07) is 32.8. The van der Waals surface area contributed by atoms with Crippen LogP contribution in [0.15, 0.2) is 135 Å². The van der Waals surface area contributed by atoms with Crippen LogP contribution in [0.2, 0.25) is 0 Å². The molecule has 0 unspecified atom stereocenters. The Balaban J connectivity index is 0.000000187. The molecule has 5 rings (SSSR count). The van der Waals surface area contributed by atoms with Crippen LogP contribution in [-0.2, 0) is 21.0 Å². The molecule has 0 saturated carbocycles. The second kappa shape index (κ2) is 10.7. The zero-order chi connectivity index (χ0) is 25.7. The topological polar surface area (TPSA) is 118 Å². The van der Waals surface area contributed by atoms with Gasteiger partial charge in [0, 0.05) is 0 Å². The molecule has 0 amide bonds. The molecule has 0 bridgehead atoms. The summed E-state index contributed by atoms with van der Waals surface area (Å²) < 4.78 is 32.7. The molecule has 0 heterocycles. The molecule has 0 spiro atoms. The Labute approximate surface area is 211 Å². The number of fused-ring (bicyclic) bond motifs is 1. The number of rotatable bonds is 4. The van der Waals surface area contributed by atoms with Crippen LogP contribution in [-0.4, -0.2) is 28.3 Å². The van der Waals surface area contributed by atoms with Gasteiger partial charge in [-0.3, -0.25) is 0 Å². The van der Waals surface area contributed by atoms with E-state index in [0.29, 0.717) is 5.39 Å². The van der Waals surface area contributed by atoms with Gasteiger partial charge in [-0.15, -0.1) is 0 Å². The lowest BCUT2D eigenvalue weighted by atomic mass is 10.1. The maximum atomic E-state index is 10.9.